The van der Waals surface area contributed by atoms with Crippen LogP contribution in [0.4, 0.5) is 0 Å². The molecular formula is C44H29N3. The minimum absolute atomic E-state index is 0.207. The van der Waals surface area contributed by atoms with Crippen LogP contribution in [0.1, 0.15) is 85.0 Å². The normalized spacial score (nSPS) is 23.0. The van der Waals surface area contributed by atoms with Crippen molar-refractivity contribution in [1.29, 1.82) is 0 Å². The van der Waals surface area contributed by atoms with Gasteiger partial charge >= 0.3 is 0 Å². The van der Waals surface area contributed by atoms with Crippen LogP contribution in [0.25, 0.3) is 17.0 Å². The van der Waals surface area contributed by atoms with Crippen molar-refractivity contribution in [2.75, 3.05) is 0 Å². The van der Waals surface area contributed by atoms with Crippen molar-refractivity contribution in [3.8, 4) is 11.4 Å². The van der Waals surface area contributed by atoms with Crippen LogP contribution in [0, 0.1) is 6.92 Å². The van der Waals surface area contributed by atoms with Crippen molar-refractivity contribution >= 4 is 5.57 Å². The van der Waals surface area contributed by atoms with E-state index in [1.54, 1.807) is 0 Å². The molecule has 5 bridgehead atoms. The summed E-state index contributed by atoms with van der Waals surface area (Å²) in [4.78, 5) is 15.1. The Labute approximate surface area is 273 Å². The molecule has 3 heteroatoms. The molecular weight excluding hydrogens is 571 g/mol. The number of aromatic nitrogens is 3. The second kappa shape index (κ2) is 8.98. The summed E-state index contributed by atoms with van der Waals surface area (Å²) in [5, 5.41) is 0. The van der Waals surface area contributed by atoms with Gasteiger partial charge in [-0.25, -0.2) is 15.0 Å². The minimum Gasteiger partial charge on any atom is -0.213 e. The lowest BCUT2D eigenvalue weighted by Crippen LogP contribution is -2.36. The zero-order valence-electron chi connectivity index (χ0n) is 25.9. The lowest BCUT2D eigenvalue weighted by atomic mass is 9.57. The van der Waals surface area contributed by atoms with E-state index in [1.165, 1.54) is 61.2 Å². The predicted octanol–water partition coefficient (Wildman–Crippen LogP) is 9.16. The van der Waals surface area contributed by atoms with E-state index in [1.807, 2.05) is 6.92 Å². The van der Waals surface area contributed by atoms with Crippen LogP contribution in [0.5, 0.6) is 0 Å². The van der Waals surface area contributed by atoms with Gasteiger partial charge in [0.25, 0.3) is 0 Å². The van der Waals surface area contributed by atoms with E-state index >= 15 is 0 Å². The molecule has 0 N–H and O–H groups in total. The molecule has 0 fully saturated rings. The molecule has 0 radical (unpaired) electrons. The standard InChI is InChI=1S/C44H29N3/c1-25-45-42(26-20-21-33-36(22-26)41-31-12-4-2-10-29(31)40(33)30-11-3-5-13-32(30)41)47-43(46-25)28-19-18-27-23-44(24-28)37-16-8-6-14-34(37)39(27)35-15-7-9-17-38(35)44/h2-24,39-41H,1H3. The molecule has 47 heavy (non-hydrogen) atoms. The fourth-order valence-electron chi connectivity index (χ4n) is 9.43. The van der Waals surface area contributed by atoms with E-state index < -0.39 is 0 Å². The number of hydrogen-bond donors (Lipinski definition) is 0. The van der Waals surface area contributed by atoms with Crippen LogP contribution < -0.4 is 0 Å². The number of aryl methyl sites for hydroxylation is 1. The first-order valence-corrected chi connectivity index (χ1v) is 16.6. The second-order valence-corrected chi connectivity index (χ2v) is 13.6. The molecule has 0 saturated carbocycles. The van der Waals surface area contributed by atoms with Crippen LogP contribution in [0.3, 0.4) is 0 Å². The van der Waals surface area contributed by atoms with E-state index in [9.17, 15) is 0 Å². The number of benzene rings is 5. The van der Waals surface area contributed by atoms with Gasteiger partial charge in [-0.2, -0.15) is 0 Å². The minimum atomic E-state index is -0.372. The number of hydrogen-bond acceptors (Lipinski definition) is 3. The number of nitrogens with zero attached hydrogens (tertiary/aromatic N) is 3. The third-order valence-corrected chi connectivity index (χ3v) is 11.2. The first kappa shape index (κ1) is 25.5. The fourth-order valence-corrected chi connectivity index (χ4v) is 9.43. The highest BCUT2D eigenvalue weighted by Gasteiger charge is 2.47. The molecule has 5 aromatic carbocycles. The van der Waals surface area contributed by atoms with E-state index in [-0.39, 0.29) is 23.2 Å². The van der Waals surface area contributed by atoms with Crippen LogP contribution in [0.2, 0.25) is 0 Å². The number of allylic oxidation sites excluding steroid dienone is 6. The van der Waals surface area contributed by atoms with Gasteiger partial charge in [-0.1, -0.05) is 133 Å². The van der Waals surface area contributed by atoms with Crippen molar-refractivity contribution in [2.24, 2.45) is 0 Å². The maximum absolute atomic E-state index is 5.21. The molecule has 13 rings (SSSR count). The van der Waals surface area contributed by atoms with Crippen molar-refractivity contribution in [1.82, 2.24) is 15.0 Å². The van der Waals surface area contributed by atoms with Crippen LogP contribution in [0.15, 0.2) is 145 Å². The first-order valence-electron chi connectivity index (χ1n) is 16.6. The Hall–Kier alpha value is -5.67. The van der Waals surface area contributed by atoms with Crippen LogP contribution in [-0.2, 0) is 5.41 Å². The molecule has 0 unspecified atom stereocenters. The molecule has 3 nitrogen and oxygen atoms in total. The molecule has 0 saturated heterocycles. The van der Waals surface area contributed by atoms with Gasteiger partial charge in [0.15, 0.2) is 11.6 Å². The summed E-state index contributed by atoms with van der Waals surface area (Å²) in [7, 11) is 0. The Kier molecular flexibility index (Phi) is 4.88. The van der Waals surface area contributed by atoms with Gasteiger partial charge in [-0.05, 0) is 74.2 Å². The third-order valence-electron chi connectivity index (χ3n) is 11.2. The summed E-state index contributed by atoms with van der Waals surface area (Å²) in [5.74, 6) is 2.86. The average Bonchev–Trinajstić information content (AvgIpc) is 3.26. The van der Waals surface area contributed by atoms with Crippen LogP contribution in [-0.4, -0.2) is 15.0 Å². The monoisotopic (exact) mass is 599 g/mol. The Morgan fingerprint density at radius 1 is 0.468 bits per heavy atom. The Balaban J connectivity index is 1.07. The molecule has 6 aromatic rings. The van der Waals surface area contributed by atoms with Gasteiger partial charge in [-0.15, -0.1) is 0 Å². The van der Waals surface area contributed by atoms with E-state index in [2.05, 4.69) is 140 Å². The van der Waals surface area contributed by atoms with Crippen LogP contribution >= 0.6 is 0 Å². The van der Waals surface area contributed by atoms with E-state index in [0.717, 1.165) is 22.8 Å². The highest BCUT2D eigenvalue weighted by molar-refractivity contribution is 5.82. The molecule has 220 valence electrons. The summed E-state index contributed by atoms with van der Waals surface area (Å²) in [6.45, 7) is 1.98. The summed E-state index contributed by atoms with van der Waals surface area (Å²) in [6.07, 6.45) is 9.36. The topological polar surface area (TPSA) is 38.7 Å². The predicted molar refractivity (Wildman–Crippen MR) is 185 cm³/mol. The molecule has 0 aliphatic heterocycles. The Morgan fingerprint density at radius 3 is 1.64 bits per heavy atom. The average molecular weight is 600 g/mol. The highest BCUT2D eigenvalue weighted by atomic mass is 15.0. The van der Waals surface area contributed by atoms with Crippen molar-refractivity contribution < 1.29 is 0 Å². The summed E-state index contributed by atoms with van der Waals surface area (Å²) in [6, 6.07) is 42.7. The molecule has 0 amide bonds. The molecule has 1 aromatic heterocycles. The highest BCUT2D eigenvalue weighted by Crippen LogP contribution is 2.58. The molecule has 1 spiro atoms. The maximum atomic E-state index is 5.21. The zero-order chi connectivity index (χ0) is 30.9. The second-order valence-electron chi connectivity index (χ2n) is 13.6. The summed E-state index contributed by atoms with van der Waals surface area (Å²) in [5.41, 5.74) is 17.0. The van der Waals surface area contributed by atoms with Gasteiger partial charge < -0.3 is 0 Å². The van der Waals surface area contributed by atoms with Gasteiger partial charge in [0.2, 0.25) is 0 Å². The summed E-state index contributed by atoms with van der Waals surface area (Å²) >= 11 is 0. The smallest absolute Gasteiger partial charge is 0.163 e. The molecule has 7 aliphatic carbocycles. The van der Waals surface area contributed by atoms with Crippen molar-refractivity contribution in [3.05, 3.63) is 212 Å². The van der Waals surface area contributed by atoms with Gasteiger partial charge in [-0.3, -0.25) is 0 Å². The number of rotatable bonds is 2. The Bertz CT molecular complexity index is 2370. The third kappa shape index (κ3) is 3.28. The molecule has 1 heterocycles. The Morgan fingerprint density at radius 2 is 1.00 bits per heavy atom. The van der Waals surface area contributed by atoms with Crippen molar-refractivity contribution in [3.63, 3.8) is 0 Å². The van der Waals surface area contributed by atoms with Gasteiger partial charge in [0.05, 0.1) is 5.41 Å². The lowest BCUT2D eigenvalue weighted by Gasteiger charge is -2.46. The molecule has 7 aliphatic rings. The maximum Gasteiger partial charge on any atom is 0.163 e. The van der Waals surface area contributed by atoms with E-state index in [4.69, 9.17) is 15.0 Å². The zero-order valence-corrected chi connectivity index (χ0v) is 25.9. The fraction of sp³-hybridized carbons (Fsp3) is 0.114. The largest absolute Gasteiger partial charge is 0.213 e. The van der Waals surface area contributed by atoms with Crippen molar-refractivity contribution in [2.45, 2.75) is 30.1 Å². The quantitative estimate of drug-likeness (QED) is 0.199. The van der Waals surface area contributed by atoms with E-state index in [0.29, 0.717) is 5.82 Å². The van der Waals surface area contributed by atoms with Gasteiger partial charge in [0, 0.05) is 28.9 Å². The lowest BCUT2D eigenvalue weighted by molar-refractivity contribution is 0.683. The first-order chi connectivity index (χ1) is 23.2. The van der Waals surface area contributed by atoms with Gasteiger partial charge in [0.1, 0.15) is 5.82 Å². The summed E-state index contributed by atoms with van der Waals surface area (Å²) < 4.78 is 0. The molecule has 0 atom stereocenters. The SMILES string of the molecule is Cc1nc(C2=CC34C=C(C=C2)C(c2ccccc23)c2ccccc24)nc(-c2ccc3c(c2)C2c4ccccc4C3c3ccccc32)n1.